The molecule has 1 rings (SSSR count). The van der Waals surface area contributed by atoms with Gasteiger partial charge in [0, 0.05) is 6.54 Å². The predicted molar refractivity (Wildman–Crippen MR) is 60.1 cm³/mol. The van der Waals surface area contributed by atoms with Crippen LogP contribution >= 0.6 is 0 Å². The maximum atomic E-state index is 11.5. The maximum Gasteiger partial charge on any atom is 0.329 e. The monoisotopic (exact) mass is 240 g/mol. The molecule has 0 saturated heterocycles. The summed E-state index contributed by atoms with van der Waals surface area (Å²) in [6.07, 6.45) is 3.22. The Labute approximate surface area is 99.1 Å². The molecule has 17 heavy (non-hydrogen) atoms. The highest BCUT2D eigenvalue weighted by molar-refractivity contribution is 5.76. The van der Waals surface area contributed by atoms with Crippen LogP contribution in [0.3, 0.4) is 0 Å². The van der Waals surface area contributed by atoms with Crippen molar-refractivity contribution < 1.29 is 14.6 Å². The molecular formula is C10H16N4O3. The van der Waals surface area contributed by atoms with Gasteiger partial charge in [0.2, 0.25) is 0 Å². The van der Waals surface area contributed by atoms with Gasteiger partial charge >= 0.3 is 5.97 Å². The Morgan fingerprint density at radius 3 is 3.18 bits per heavy atom. The summed E-state index contributed by atoms with van der Waals surface area (Å²) in [6.45, 7) is 4.31. The van der Waals surface area contributed by atoms with Crippen LogP contribution in [-0.4, -0.2) is 46.3 Å². The van der Waals surface area contributed by atoms with Gasteiger partial charge in [0.15, 0.2) is 6.04 Å². The largest absolute Gasteiger partial charge is 0.468 e. The van der Waals surface area contributed by atoms with Crippen molar-refractivity contribution in [3.8, 4) is 0 Å². The van der Waals surface area contributed by atoms with E-state index in [4.69, 9.17) is 5.11 Å². The van der Waals surface area contributed by atoms with Crippen molar-refractivity contribution in [2.75, 3.05) is 20.3 Å². The molecule has 1 unspecified atom stereocenters. The zero-order valence-electron chi connectivity index (χ0n) is 9.67. The van der Waals surface area contributed by atoms with E-state index in [1.54, 1.807) is 12.3 Å². The van der Waals surface area contributed by atoms with E-state index in [9.17, 15) is 4.79 Å². The fourth-order valence-corrected chi connectivity index (χ4v) is 1.29. The molecule has 0 aromatic carbocycles. The fraction of sp³-hybridized carbons (Fsp3) is 0.500. The molecule has 1 aromatic rings. The zero-order valence-corrected chi connectivity index (χ0v) is 9.67. The van der Waals surface area contributed by atoms with E-state index < -0.39 is 12.0 Å². The quantitative estimate of drug-likeness (QED) is 0.482. The van der Waals surface area contributed by atoms with Gasteiger partial charge in [-0.25, -0.2) is 9.48 Å². The molecule has 0 aliphatic carbocycles. The Kier molecular flexibility index (Phi) is 5.31. The molecule has 0 aliphatic heterocycles. The number of esters is 1. The number of methoxy groups -OCH3 is 1. The number of hydrogen-bond donors (Lipinski definition) is 2. The van der Waals surface area contributed by atoms with Crippen molar-refractivity contribution in [1.29, 1.82) is 0 Å². The van der Waals surface area contributed by atoms with Gasteiger partial charge in [0.1, 0.15) is 5.69 Å². The van der Waals surface area contributed by atoms with Crippen LogP contribution in [-0.2, 0) is 16.1 Å². The summed E-state index contributed by atoms with van der Waals surface area (Å²) in [4.78, 5) is 11.5. The van der Waals surface area contributed by atoms with Crippen LogP contribution in [0.2, 0.25) is 0 Å². The average Bonchev–Trinajstić information content (AvgIpc) is 2.78. The van der Waals surface area contributed by atoms with E-state index in [1.165, 1.54) is 11.8 Å². The number of hydrogen-bond acceptors (Lipinski definition) is 6. The summed E-state index contributed by atoms with van der Waals surface area (Å²) in [7, 11) is 1.31. The van der Waals surface area contributed by atoms with Crippen LogP contribution in [0.1, 0.15) is 11.7 Å². The first-order valence-corrected chi connectivity index (χ1v) is 5.16. The van der Waals surface area contributed by atoms with Crippen LogP contribution in [0.5, 0.6) is 0 Å². The van der Waals surface area contributed by atoms with Crippen LogP contribution in [0.25, 0.3) is 0 Å². The Bertz CT molecular complexity index is 377. The molecular weight excluding hydrogens is 224 g/mol. The number of carbonyl (C=O) groups excluding carboxylic acids is 1. The van der Waals surface area contributed by atoms with Gasteiger partial charge in [-0.1, -0.05) is 11.3 Å². The maximum absolute atomic E-state index is 11.5. The molecule has 0 spiro atoms. The number of aliphatic hydroxyl groups excluding tert-OH is 1. The van der Waals surface area contributed by atoms with Gasteiger partial charge in [-0.3, -0.25) is 5.32 Å². The van der Waals surface area contributed by atoms with E-state index >= 15 is 0 Å². The van der Waals surface area contributed by atoms with Gasteiger partial charge in [-0.2, -0.15) is 0 Å². The van der Waals surface area contributed by atoms with Crippen LogP contribution in [0.4, 0.5) is 0 Å². The highest BCUT2D eigenvalue weighted by Gasteiger charge is 2.23. The molecule has 94 valence electrons. The van der Waals surface area contributed by atoms with Gasteiger partial charge < -0.3 is 9.84 Å². The summed E-state index contributed by atoms with van der Waals surface area (Å²) >= 11 is 0. The smallest absolute Gasteiger partial charge is 0.329 e. The highest BCUT2D eigenvalue weighted by atomic mass is 16.5. The molecule has 7 nitrogen and oxygen atoms in total. The molecule has 0 amide bonds. The predicted octanol–water partition coefficient (Wildman–Crippen LogP) is -0.740. The Balaban J connectivity index is 2.79. The van der Waals surface area contributed by atoms with Gasteiger partial charge in [-0.05, 0) is 0 Å². The summed E-state index contributed by atoms with van der Waals surface area (Å²) < 4.78 is 6.13. The van der Waals surface area contributed by atoms with E-state index in [-0.39, 0.29) is 6.61 Å². The topological polar surface area (TPSA) is 89.3 Å². The van der Waals surface area contributed by atoms with Crippen LogP contribution in [0, 0.1) is 0 Å². The Morgan fingerprint density at radius 2 is 2.59 bits per heavy atom. The lowest BCUT2D eigenvalue weighted by atomic mass is 10.2. The Morgan fingerprint density at radius 1 is 1.82 bits per heavy atom. The highest BCUT2D eigenvalue weighted by Crippen LogP contribution is 2.10. The Hall–Kier alpha value is -1.73. The molecule has 1 aromatic heterocycles. The second-order valence-electron chi connectivity index (χ2n) is 3.28. The third kappa shape index (κ3) is 3.65. The first kappa shape index (κ1) is 13.3. The minimum Gasteiger partial charge on any atom is -0.468 e. The van der Waals surface area contributed by atoms with Crippen molar-refractivity contribution >= 4 is 5.97 Å². The summed E-state index contributed by atoms with van der Waals surface area (Å²) in [5.74, 6) is -0.442. The summed E-state index contributed by atoms with van der Waals surface area (Å²) in [5.41, 5.74) is 0.451. The van der Waals surface area contributed by atoms with Crippen molar-refractivity contribution in [1.82, 2.24) is 20.3 Å². The number of aromatic nitrogens is 3. The lowest BCUT2D eigenvalue weighted by Crippen LogP contribution is -2.30. The molecule has 0 saturated carbocycles. The van der Waals surface area contributed by atoms with Gasteiger partial charge in [0.05, 0.1) is 26.5 Å². The molecule has 2 N–H and O–H groups in total. The number of nitrogens with one attached hydrogen (secondary N) is 1. The summed E-state index contributed by atoms with van der Waals surface area (Å²) in [6, 6.07) is -0.676. The van der Waals surface area contributed by atoms with Crippen molar-refractivity contribution in [3.63, 3.8) is 0 Å². The van der Waals surface area contributed by atoms with E-state index in [0.29, 0.717) is 18.8 Å². The minimum atomic E-state index is -0.676. The molecule has 0 radical (unpaired) electrons. The van der Waals surface area contributed by atoms with Crippen LogP contribution in [0.15, 0.2) is 18.9 Å². The molecule has 1 heterocycles. The molecule has 0 bridgehead atoms. The number of carbonyl (C=O) groups is 1. The van der Waals surface area contributed by atoms with Crippen LogP contribution < -0.4 is 5.32 Å². The molecule has 0 fully saturated rings. The molecule has 1 atom stereocenters. The second-order valence-corrected chi connectivity index (χ2v) is 3.28. The number of rotatable bonds is 7. The molecule has 7 heteroatoms. The first-order chi connectivity index (χ1) is 8.22. The van der Waals surface area contributed by atoms with Gasteiger partial charge in [0.25, 0.3) is 0 Å². The lowest BCUT2D eigenvalue weighted by Gasteiger charge is -2.12. The van der Waals surface area contributed by atoms with E-state index in [1.807, 2.05) is 0 Å². The third-order valence-electron chi connectivity index (χ3n) is 2.08. The zero-order chi connectivity index (χ0) is 12.7. The second kappa shape index (κ2) is 6.77. The fourth-order valence-electron chi connectivity index (χ4n) is 1.29. The standard InChI is InChI=1S/C10H16N4O3/c1-3-4-11-9(10(16)17-2)8-7-14(5-6-15)13-12-8/h3,7,9,11,15H,1,4-6H2,2H3. The van der Waals surface area contributed by atoms with Crippen molar-refractivity contribution in [2.24, 2.45) is 0 Å². The number of aliphatic hydroxyl groups is 1. The number of nitrogens with zero attached hydrogens (tertiary/aromatic N) is 3. The van der Waals surface area contributed by atoms with Gasteiger partial charge in [-0.15, -0.1) is 11.7 Å². The SMILES string of the molecule is C=CCNC(C(=O)OC)c1cn(CCO)nn1. The van der Waals surface area contributed by atoms with E-state index in [2.05, 4.69) is 26.9 Å². The summed E-state index contributed by atoms with van der Waals surface area (Å²) in [5, 5.41) is 19.3. The van der Waals surface area contributed by atoms with E-state index in [0.717, 1.165) is 0 Å². The lowest BCUT2D eigenvalue weighted by molar-refractivity contribution is -0.143. The molecule has 0 aliphatic rings. The first-order valence-electron chi connectivity index (χ1n) is 5.16. The van der Waals surface area contributed by atoms with Crippen molar-refractivity contribution in [3.05, 3.63) is 24.5 Å². The van der Waals surface area contributed by atoms with Crippen molar-refractivity contribution in [2.45, 2.75) is 12.6 Å². The minimum absolute atomic E-state index is 0.0359. The number of ether oxygens (including phenoxy) is 1. The average molecular weight is 240 g/mol. The third-order valence-corrected chi connectivity index (χ3v) is 2.08. The normalized spacial score (nSPS) is 12.1.